The molecule has 0 aromatic rings. The molecular formula is C14H27KO3. The van der Waals surface area contributed by atoms with Gasteiger partial charge in [0.25, 0.3) is 0 Å². The summed E-state index contributed by atoms with van der Waals surface area (Å²) in [5.74, 6) is -1.02. The van der Waals surface area contributed by atoms with Crippen LogP contribution < -0.4 is 56.5 Å². The van der Waals surface area contributed by atoms with Gasteiger partial charge in [-0.2, -0.15) is 0 Å². The zero-order valence-corrected chi connectivity index (χ0v) is 15.2. The minimum atomic E-state index is -1.02. The SMILES string of the molecule is CCCCCCCCCC(O)CCCC(=O)[O-].[K+]. The molecule has 102 valence electrons. The van der Waals surface area contributed by atoms with Crippen LogP contribution in [0.25, 0.3) is 0 Å². The molecule has 0 aliphatic rings. The predicted octanol–water partition coefficient (Wildman–Crippen LogP) is -0.588. The number of carbonyl (C=O) groups is 1. The molecule has 0 heterocycles. The van der Waals surface area contributed by atoms with E-state index >= 15 is 0 Å². The first-order chi connectivity index (χ1) is 8.16. The average Bonchev–Trinajstić information content (AvgIpc) is 2.27. The Labute approximate surface area is 154 Å². The van der Waals surface area contributed by atoms with Crippen molar-refractivity contribution in [3.8, 4) is 0 Å². The molecule has 0 saturated carbocycles. The van der Waals surface area contributed by atoms with Crippen LogP contribution in [-0.2, 0) is 4.79 Å². The minimum Gasteiger partial charge on any atom is -0.550 e. The van der Waals surface area contributed by atoms with Crippen LogP contribution in [0.5, 0.6) is 0 Å². The van der Waals surface area contributed by atoms with Crippen molar-refractivity contribution in [2.75, 3.05) is 0 Å². The van der Waals surface area contributed by atoms with Crippen molar-refractivity contribution in [3.63, 3.8) is 0 Å². The van der Waals surface area contributed by atoms with E-state index in [1.807, 2.05) is 0 Å². The Bertz CT molecular complexity index is 186. The van der Waals surface area contributed by atoms with Crippen molar-refractivity contribution < 1.29 is 66.4 Å². The van der Waals surface area contributed by atoms with E-state index in [2.05, 4.69) is 6.92 Å². The summed E-state index contributed by atoms with van der Waals surface area (Å²) >= 11 is 0. The largest absolute Gasteiger partial charge is 1.00 e. The molecule has 0 aromatic heterocycles. The van der Waals surface area contributed by atoms with E-state index in [-0.39, 0.29) is 63.9 Å². The van der Waals surface area contributed by atoms with Crippen molar-refractivity contribution in [2.45, 2.75) is 83.7 Å². The smallest absolute Gasteiger partial charge is 0.550 e. The van der Waals surface area contributed by atoms with Crippen LogP contribution in [0.4, 0.5) is 0 Å². The molecule has 1 unspecified atom stereocenters. The summed E-state index contributed by atoms with van der Waals surface area (Å²) in [6.07, 6.45) is 10.4. The fraction of sp³-hybridized carbons (Fsp3) is 0.929. The first-order valence-corrected chi connectivity index (χ1v) is 7.04. The maximum absolute atomic E-state index is 10.2. The van der Waals surface area contributed by atoms with Gasteiger partial charge in [-0.3, -0.25) is 0 Å². The third-order valence-electron chi connectivity index (χ3n) is 3.06. The zero-order chi connectivity index (χ0) is 12.9. The summed E-state index contributed by atoms with van der Waals surface area (Å²) in [5.41, 5.74) is 0. The Balaban J connectivity index is 0. The summed E-state index contributed by atoms with van der Waals surface area (Å²) in [7, 11) is 0. The predicted molar refractivity (Wildman–Crippen MR) is 67.5 cm³/mol. The first kappa shape index (κ1) is 21.4. The molecule has 0 amide bonds. The van der Waals surface area contributed by atoms with Crippen molar-refractivity contribution in [3.05, 3.63) is 0 Å². The number of rotatable bonds is 12. The van der Waals surface area contributed by atoms with E-state index in [4.69, 9.17) is 0 Å². The van der Waals surface area contributed by atoms with Crippen molar-refractivity contribution in [1.29, 1.82) is 0 Å². The summed E-state index contributed by atoms with van der Waals surface area (Å²) in [6.45, 7) is 2.21. The summed E-state index contributed by atoms with van der Waals surface area (Å²) < 4.78 is 0. The van der Waals surface area contributed by atoms with Gasteiger partial charge in [-0.25, -0.2) is 0 Å². The van der Waals surface area contributed by atoms with Gasteiger partial charge in [0.05, 0.1) is 6.10 Å². The van der Waals surface area contributed by atoms with Gasteiger partial charge in [0.1, 0.15) is 0 Å². The van der Waals surface area contributed by atoms with Crippen LogP contribution in [0.15, 0.2) is 0 Å². The monoisotopic (exact) mass is 282 g/mol. The summed E-state index contributed by atoms with van der Waals surface area (Å²) in [4.78, 5) is 10.2. The zero-order valence-electron chi connectivity index (χ0n) is 12.1. The van der Waals surface area contributed by atoms with Gasteiger partial charge in [0.2, 0.25) is 0 Å². The number of aliphatic carboxylic acids is 1. The van der Waals surface area contributed by atoms with Gasteiger partial charge in [-0.1, -0.05) is 51.9 Å². The molecule has 0 radical (unpaired) electrons. The first-order valence-electron chi connectivity index (χ1n) is 7.04. The average molecular weight is 282 g/mol. The Morgan fingerprint density at radius 2 is 1.50 bits per heavy atom. The number of aliphatic hydroxyl groups is 1. The number of unbranched alkanes of at least 4 members (excludes halogenated alkanes) is 6. The van der Waals surface area contributed by atoms with Crippen molar-refractivity contribution in [2.24, 2.45) is 0 Å². The minimum absolute atomic E-state index is 0. The van der Waals surface area contributed by atoms with Crippen LogP contribution in [0.3, 0.4) is 0 Å². The quantitative estimate of drug-likeness (QED) is 0.384. The maximum Gasteiger partial charge on any atom is 1.00 e. The number of hydrogen-bond acceptors (Lipinski definition) is 3. The van der Waals surface area contributed by atoms with Crippen LogP contribution in [0, 0.1) is 0 Å². The molecule has 0 saturated heterocycles. The van der Waals surface area contributed by atoms with E-state index < -0.39 is 5.97 Å². The number of carboxylic acid groups (broad SMARTS) is 1. The van der Waals surface area contributed by atoms with Crippen LogP contribution in [0.1, 0.15) is 77.6 Å². The fourth-order valence-electron chi connectivity index (χ4n) is 1.96. The van der Waals surface area contributed by atoms with E-state index in [0.29, 0.717) is 12.8 Å². The molecule has 4 heteroatoms. The summed E-state index contributed by atoms with van der Waals surface area (Å²) in [6, 6.07) is 0. The standard InChI is InChI=1S/C14H28O3.K/c1-2-3-4-5-6-7-8-10-13(15)11-9-12-14(16)17;/h13,15H,2-12H2,1H3,(H,16,17);/q;+1/p-1. The Morgan fingerprint density at radius 1 is 1.00 bits per heavy atom. The van der Waals surface area contributed by atoms with Gasteiger partial charge >= 0.3 is 51.4 Å². The topological polar surface area (TPSA) is 60.4 Å². The van der Waals surface area contributed by atoms with Gasteiger partial charge in [0, 0.05) is 5.97 Å². The Kier molecular flexibility index (Phi) is 19.1. The van der Waals surface area contributed by atoms with Crippen molar-refractivity contribution in [1.82, 2.24) is 0 Å². The van der Waals surface area contributed by atoms with E-state index in [1.165, 1.54) is 38.5 Å². The van der Waals surface area contributed by atoms with Crippen LogP contribution in [0.2, 0.25) is 0 Å². The fourth-order valence-corrected chi connectivity index (χ4v) is 1.96. The third kappa shape index (κ3) is 17.1. The number of hydrogen-bond donors (Lipinski definition) is 1. The maximum atomic E-state index is 10.2. The van der Waals surface area contributed by atoms with Gasteiger partial charge in [-0.15, -0.1) is 0 Å². The van der Waals surface area contributed by atoms with E-state index in [0.717, 1.165) is 12.8 Å². The number of carboxylic acids is 1. The normalized spacial score (nSPS) is 11.9. The Hall–Kier alpha value is 1.07. The molecule has 18 heavy (non-hydrogen) atoms. The second-order valence-corrected chi connectivity index (χ2v) is 4.83. The molecule has 0 aliphatic heterocycles. The molecule has 3 nitrogen and oxygen atoms in total. The molecule has 0 spiro atoms. The van der Waals surface area contributed by atoms with Crippen LogP contribution in [-0.4, -0.2) is 17.2 Å². The van der Waals surface area contributed by atoms with Gasteiger partial charge in [0.15, 0.2) is 0 Å². The second kappa shape index (κ2) is 16.1. The second-order valence-electron chi connectivity index (χ2n) is 4.83. The summed E-state index contributed by atoms with van der Waals surface area (Å²) in [5, 5.41) is 19.8. The molecule has 0 aromatic carbocycles. The molecule has 1 N–H and O–H groups in total. The van der Waals surface area contributed by atoms with E-state index in [1.54, 1.807) is 0 Å². The molecule has 1 atom stereocenters. The van der Waals surface area contributed by atoms with E-state index in [9.17, 15) is 15.0 Å². The number of carbonyl (C=O) groups excluding carboxylic acids is 1. The Morgan fingerprint density at radius 3 is 2.06 bits per heavy atom. The van der Waals surface area contributed by atoms with Gasteiger partial charge < -0.3 is 15.0 Å². The molecule has 0 fully saturated rings. The molecule has 0 bridgehead atoms. The molecule has 0 aliphatic carbocycles. The van der Waals surface area contributed by atoms with Crippen molar-refractivity contribution >= 4 is 5.97 Å². The number of aliphatic hydroxyl groups excluding tert-OH is 1. The third-order valence-corrected chi connectivity index (χ3v) is 3.06. The van der Waals surface area contributed by atoms with Gasteiger partial charge in [-0.05, 0) is 25.7 Å². The molecular weight excluding hydrogens is 255 g/mol. The molecule has 0 rings (SSSR count). The van der Waals surface area contributed by atoms with Crippen LogP contribution >= 0.6 is 0 Å².